The topological polar surface area (TPSA) is 43.6 Å². The minimum atomic E-state index is -0.397. The van der Waals surface area contributed by atoms with E-state index in [0.29, 0.717) is 13.2 Å². The Morgan fingerprint density at radius 2 is 2.06 bits per heavy atom. The van der Waals surface area contributed by atoms with Crippen LogP contribution in [0, 0.1) is 6.92 Å². The van der Waals surface area contributed by atoms with Gasteiger partial charge in [-0.25, -0.2) is 0 Å². The number of furan rings is 1. The third-order valence-corrected chi connectivity index (χ3v) is 2.75. The van der Waals surface area contributed by atoms with Gasteiger partial charge >= 0.3 is 0 Å². The van der Waals surface area contributed by atoms with Crippen molar-refractivity contribution >= 4 is 0 Å². The molecule has 1 aliphatic heterocycles. The SMILES string of the molecule is Cc1ccc(CNCCC2(C)OCCO2)o1. The average molecular weight is 225 g/mol. The van der Waals surface area contributed by atoms with Crippen molar-refractivity contribution in [2.45, 2.75) is 32.6 Å². The van der Waals surface area contributed by atoms with E-state index in [1.54, 1.807) is 0 Å². The van der Waals surface area contributed by atoms with Gasteiger partial charge in [-0.2, -0.15) is 0 Å². The van der Waals surface area contributed by atoms with E-state index in [-0.39, 0.29) is 0 Å². The van der Waals surface area contributed by atoms with Crippen molar-refractivity contribution in [3.8, 4) is 0 Å². The van der Waals surface area contributed by atoms with Crippen LogP contribution in [-0.2, 0) is 16.0 Å². The summed E-state index contributed by atoms with van der Waals surface area (Å²) in [7, 11) is 0. The van der Waals surface area contributed by atoms with E-state index in [9.17, 15) is 0 Å². The molecular formula is C12H19NO3. The van der Waals surface area contributed by atoms with E-state index in [0.717, 1.165) is 31.0 Å². The maximum atomic E-state index is 5.51. The van der Waals surface area contributed by atoms with Crippen LogP contribution in [0.3, 0.4) is 0 Å². The van der Waals surface area contributed by atoms with Crippen LogP contribution in [0.15, 0.2) is 16.5 Å². The summed E-state index contributed by atoms with van der Waals surface area (Å²) >= 11 is 0. The molecule has 1 saturated heterocycles. The number of hydrogen-bond acceptors (Lipinski definition) is 4. The largest absolute Gasteiger partial charge is 0.465 e. The summed E-state index contributed by atoms with van der Waals surface area (Å²) in [6.07, 6.45) is 0.854. The Morgan fingerprint density at radius 3 is 2.69 bits per heavy atom. The van der Waals surface area contributed by atoms with E-state index in [4.69, 9.17) is 13.9 Å². The zero-order valence-electron chi connectivity index (χ0n) is 9.91. The zero-order chi connectivity index (χ0) is 11.4. The summed E-state index contributed by atoms with van der Waals surface area (Å²) < 4.78 is 16.5. The molecule has 0 radical (unpaired) electrons. The highest BCUT2D eigenvalue weighted by atomic mass is 16.7. The Bertz CT molecular complexity index is 329. The van der Waals surface area contributed by atoms with E-state index < -0.39 is 5.79 Å². The van der Waals surface area contributed by atoms with Crippen molar-refractivity contribution in [2.75, 3.05) is 19.8 Å². The lowest BCUT2D eigenvalue weighted by Crippen LogP contribution is -2.30. The molecule has 0 bridgehead atoms. The Kier molecular flexibility index (Phi) is 3.63. The molecule has 0 aromatic carbocycles. The van der Waals surface area contributed by atoms with E-state index in [2.05, 4.69) is 5.32 Å². The number of ether oxygens (including phenoxy) is 2. The summed E-state index contributed by atoms with van der Waals surface area (Å²) in [5.41, 5.74) is 0. The van der Waals surface area contributed by atoms with Gasteiger partial charge in [-0.1, -0.05) is 0 Å². The number of rotatable bonds is 5. The third kappa shape index (κ3) is 3.07. The van der Waals surface area contributed by atoms with Crippen molar-refractivity contribution in [2.24, 2.45) is 0 Å². The van der Waals surface area contributed by atoms with Gasteiger partial charge in [0.05, 0.1) is 19.8 Å². The summed E-state index contributed by atoms with van der Waals surface area (Å²) in [4.78, 5) is 0. The van der Waals surface area contributed by atoms with E-state index >= 15 is 0 Å². The highest BCUT2D eigenvalue weighted by molar-refractivity contribution is 5.05. The lowest BCUT2D eigenvalue weighted by Gasteiger charge is -2.21. The fraction of sp³-hybridized carbons (Fsp3) is 0.667. The second kappa shape index (κ2) is 4.99. The first-order valence-corrected chi connectivity index (χ1v) is 5.72. The molecule has 0 saturated carbocycles. The van der Waals surface area contributed by atoms with Gasteiger partial charge < -0.3 is 19.2 Å². The lowest BCUT2D eigenvalue weighted by atomic mass is 10.2. The quantitative estimate of drug-likeness (QED) is 0.776. The van der Waals surface area contributed by atoms with Gasteiger partial charge in [0.25, 0.3) is 0 Å². The number of nitrogens with one attached hydrogen (secondary N) is 1. The molecule has 1 aromatic heterocycles. The molecule has 2 heterocycles. The van der Waals surface area contributed by atoms with Crippen molar-refractivity contribution in [3.63, 3.8) is 0 Å². The van der Waals surface area contributed by atoms with E-state index in [1.807, 2.05) is 26.0 Å². The average Bonchev–Trinajstić information content (AvgIpc) is 2.84. The summed E-state index contributed by atoms with van der Waals surface area (Å²) in [5, 5.41) is 3.31. The Hall–Kier alpha value is -0.840. The highest BCUT2D eigenvalue weighted by Gasteiger charge is 2.29. The van der Waals surface area contributed by atoms with Crippen molar-refractivity contribution in [3.05, 3.63) is 23.7 Å². The minimum absolute atomic E-state index is 0.397. The molecular weight excluding hydrogens is 206 g/mol. The molecule has 4 nitrogen and oxygen atoms in total. The number of aryl methyl sites for hydroxylation is 1. The van der Waals surface area contributed by atoms with Gasteiger partial charge in [-0.3, -0.25) is 0 Å². The van der Waals surface area contributed by atoms with Crippen LogP contribution in [0.25, 0.3) is 0 Å². The Labute approximate surface area is 95.9 Å². The second-order valence-electron chi connectivity index (χ2n) is 4.27. The van der Waals surface area contributed by atoms with Crippen LogP contribution < -0.4 is 5.32 Å². The molecule has 1 aliphatic rings. The van der Waals surface area contributed by atoms with Crippen LogP contribution in [0.1, 0.15) is 24.9 Å². The molecule has 0 aliphatic carbocycles. The molecule has 4 heteroatoms. The fourth-order valence-corrected chi connectivity index (χ4v) is 1.81. The first kappa shape index (κ1) is 11.6. The molecule has 0 atom stereocenters. The summed E-state index contributed by atoms with van der Waals surface area (Å²) in [5.74, 6) is 1.52. The monoisotopic (exact) mass is 225 g/mol. The predicted molar refractivity (Wildman–Crippen MR) is 60.1 cm³/mol. The Morgan fingerprint density at radius 1 is 1.31 bits per heavy atom. The van der Waals surface area contributed by atoms with Crippen molar-refractivity contribution < 1.29 is 13.9 Å². The molecule has 90 valence electrons. The van der Waals surface area contributed by atoms with Crippen LogP contribution in [-0.4, -0.2) is 25.5 Å². The molecule has 2 rings (SSSR count). The van der Waals surface area contributed by atoms with Crippen LogP contribution in [0.5, 0.6) is 0 Å². The maximum absolute atomic E-state index is 5.51. The molecule has 0 spiro atoms. The predicted octanol–water partition coefficient (Wildman–Crippen LogP) is 1.83. The maximum Gasteiger partial charge on any atom is 0.166 e. The van der Waals surface area contributed by atoms with Crippen LogP contribution in [0.4, 0.5) is 0 Å². The second-order valence-corrected chi connectivity index (χ2v) is 4.27. The summed E-state index contributed by atoms with van der Waals surface area (Å²) in [6, 6.07) is 3.97. The van der Waals surface area contributed by atoms with Crippen LogP contribution in [0.2, 0.25) is 0 Å². The van der Waals surface area contributed by atoms with Gasteiger partial charge in [0.15, 0.2) is 5.79 Å². The van der Waals surface area contributed by atoms with Gasteiger partial charge in [0, 0.05) is 13.0 Å². The zero-order valence-corrected chi connectivity index (χ0v) is 9.91. The van der Waals surface area contributed by atoms with E-state index in [1.165, 1.54) is 0 Å². The number of hydrogen-bond donors (Lipinski definition) is 1. The molecule has 1 N–H and O–H groups in total. The smallest absolute Gasteiger partial charge is 0.166 e. The fourth-order valence-electron chi connectivity index (χ4n) is 1.81. The first-order chi connectivity index (χ1) is 7.68. The molecule has 16 heavy (non-hydrogen) atoms. The standard InChI is InChI=1S/C12H19NO3/c1-10-3-4-11(16-10)9-13-6-5-12(2)14-7-8-15-12/h3-4,13H,5-9H2,1-2H3. The molecule has 0 unspecified atom stereocenters. The van der Waals surface area contributed by atoms with Gasteiger partial charge in [0.2, 0.25) is 0 Å². The summed E-state index contributed by atoms with van der Waals surface area (Å²) in [6.45, 7) is 6.95. The normalized spacial score (nSPS) is 19.1. The van der Waals surface area contributed by atoms with Gasteiger partial charge in [-0.05, 0) is 26.0 Å². The van der Waals surface area contributed by atoms with Crippen molar-refractivity contribution in [1.82, 2.24) is 5.32 Å². The highest BCUT2D eigenvalue weighted by Crippen LogP contribution is 2.21. The molecule has 1 aromatic rings. The Balaban J connectivity index is 1.65. The molecule has 0 amide bonds. The van der Waals surface area contributed by atoms with Gasteiger partial charge in [-0.15, -0.1) is 0 Å². The first-order valence-electron chi connectivity index (χ1n) is 5.72. The van der Waals surface area contributed by atoms with Crippen molar-refractivity contribution in [1.29, 1.82) is 0 Å². The minimum Gasteiger partial charge on any atom is -0.465 e. The lowest BCUT2D eigenvalue weighted by molar-refractivity contribution is -0.145. The van der Waals surface area contributed by atoms with Crippen LogP contribution >= 0.6 is 0 Å². The third-order valence-electron chi connectivity index (χ3n) is 2.75. The van der Waals surface area contributed by atoms with Gasteiger partial charge in [0.1, 0.15) is 11.5 Å². The molecule has 1 fully saturated rings.